The first-order valence-electron chi connectivity index (χ1n) is 17.1. The Labute approximate surface area is 317 Å². The molecule has 0 bridgehead atoms. The van der Waals surface area contributed by atoms with Gasteiger partial charge in [-0.05, 0) is 58.7 Å². The number of anilines is 2. The quantitative estimate of drug-likeness (QED) is 0.110. The zero-order valence-electron chi connectivity index (χ0n) is 29.5. The van der Waals surface area contributed by atoms with E-state index in [-0.39, 0.29) is 36.6 Å². The van der Waals surface area contributed by atoms with E-state index in [1.165, 1.54) is 5.56 Å². The molecule has 3 N–H and O–H groups in total. The third-order valence-electron chi connectivity index (χ3n) is 9.84. The van der Waals surface area contributed by atoms with Gasteiger partial charge in [0.05, 0.1) is 36.9 Å². The second-order valence-corrected chi connectivity index (χ2v) is 12.9. The Kier molecular flexibility index (Phi) is 12.4. The van der Waals surface area contributed by atoms with Crippen LogP contribution in [0.15, 0.2) is 109 Å². The van der Waals surface area contributed by atoms with Crippen molar-refractivity contribution in [3.05, 3.63) is 132 Å². The number of nitrogen functional groups attached to an aromatic ring is 1. The van der Waals surface area contributed by atoms with Gasteiger partial charge in [-0.3, -0.25) is 15.1 Å². The molecule has 52 heavy (non-hydrogen) atoms. The van der Waals surface area contributed by atoms with Crippen molar-refractivity contribution < 1.29 is 9.53 Å². The van der Waals surface area contributed by atoms with Gasteiger partial charge in [-0.1, -0.05) is 78.9 Å². The van der Waals surface area contributed by atoms with E-state index in [4.69, 9.17) is 20.9 Å². The molecular weight excluding hydrogens is 693 g/mol. The third-order valence-corrected chi connectivity index (χ3v) is 9.84. The normalized spacial score (nSPS) is 13.0. The molecule has 1 amide bonds. The number of piperazine rings is 1. The Morgan fingerprint density at radius 2 is 1.58 bits per heavy atom. The number of benzene rings is 5. The highest BCUT2D eigenvalue weighted by Crippen LogP contribution is 2.30. The number of nitrogens with zero attached hydrogens (tertiary/aromatic N) is 5. The number of carbonyl (C=O) groups excluding carboxylic acids is 1. The summed E-state index contributed by atoms with van der Waals surface area (Å²) in [4.78, 5) is 25.9. The third kappa shape index (κ3) is 8.18. The fourth-order valence-corrected chi connectivity index (χ4v) is 6.98. The number of halogens is 2. The maximum Gasteiger partial charge on any atom is 0.241 e. The molecule has 2 heterocycles. The van der Waals surface area contributed by atoms with Crippen molar-refractivity contribution in [2.75, 3.05) is 49.6 Å². The molecule has 11 heteroatoms. The standard InChI is InChI=1S/C41H43N7O2.2ClH/c1-45-36-20-19-33(26-35(36)44-39(45)21-16-29-14-17-31(18-15-29)41(42)43)48(27-32-10-7-9-30-8-3-4-11-34(30)32)40(49)28-46-22-24-47(25-23-46)37-12-5-6-13-38(37)50-2;;/h3-15,17-20,26H,16,21-25,27-28H2,1-2H3,(H3,42,43);2*1H. The van der Waals surface area contributed by atoms with Crippen molar-refractivity contribution in [2.45, 2.75) is 19.4 Å². The SMILES string of the molecule is COc1ccccc1N1CCN(CC(=O)N(Cc2cccc3ccccc23)c2ccc3c(c2)nc(CCc2ccc(C(=N)N)cc2)n3C)CC1.Cl.Cl. The number of aryl methyl sites for hydroxylation is 3. The van der Waals surface area contributed by atoms with Crippen molar-refractivity contribution in [2.24, 2.45) is 12.8 Å². The maximum atomic E-state index is 14.3. The number of amides is 1. The second-order valence-electron chi connectivity index (χ2n) is 12.9. The first-order valence-corrected chi connectivity index (χ1v) is 17.1. The van der Waals surface area contributed by atoms with Crippen LogP contribution in [0.3, 0.4) is 0 Å². The highest BCUT2D eigenvalue weighted by Gasteiger charge is 2.25. The molecule has 0 radical (unpaired) electrons. The average molecular weight is 739 g/mol. The number of nitrogens with one attached hydrogen (secondary N) is 1. The number of hydrogen-bond donors (Lipinski definition) is 2. The number of ether oxygens (including phenoxy) is 1. The van der Waals surface area contributed by atoms with Crippen LogP contribution in [-0.2, 0) is 31.2 Å². The van der Waals surface area contributed by atoms with Gasteiger partial charge in [-0.15, -0.1) is 24.8 Å². The molecule has 9 nitrogen and oxygen atoms in total. The molecule has 0 unspecified atom stereocenters. The van der Waals surface area contributed by atoms with Crippen molar-refractivity contribution in [3.8, 4) is 5.75 Å². The lowest BCUT2D eigenvalue weighted by Gasteiger charge is -2.37. The number of fused-ring (bicyclic) bond motifs is 2. The number of rotatable bonds is 11. The number of methoxy groups -OCH3 is 1. The summed E-state index contributed by atoms with van der Waals surface area (Å²) < 4.78 is 7.75. The minimum Gasteiger partial charge on any atom is -0.495 e. The monoisotopic (exact) mass is 737 g/mol. The minimum absolute atomic E-state index is 0. The van der Waals surface area contributed by atoms with E-state index in [0.717, 1.165) is 94.9 Å². The summed E-state index contributed by atoms with van der Waals surface area (Å²) in [6.45, 7) is 4.00. The van der Waals surface area contributed by atoms with Gasteiger partial charge in [0, 0.05) is 50.9 Å². The van der Waals surface area contributed by atoms with E-state index < -0.39 is 0 Å². The Hall–Kier alpha value is -5.09. The average Bonchev–Trinajstić information content (AvgIpc) is 3.47. The molecule has 0 atom stereocenters. The van der Waals surface area contributed by atoms with E-state index >= 15 is 0 Å². The Morgan fingerprint density at radius 1 is 0.865 bits per heavy atom. The summed E-state index contributed by atoms with van der Waals surface area (Å²) in [5.41, 5.74) is 12.5. The van der Waals surface area contributed by atoms with Crippen LogP contribution in [-0.4, -0.2) is 66.0 Å². The van der Waals surface area contributed by atoms with Crippen LogP contribution in [0, 0.1) is 5.41 Å². The van der Waals surface area contributed by atoms with Gasteiger partial charge in [0.15, 0.2) is 0 Å². The first kappa shape index (κ1) is 38.1. The Bertz CT molecular complexity index is 2160. The lowest BCUT2D eigenvalue weighted by atomic mass is 10.0. The summed E-state index contributed by atoms with van der Waals surface area (Å²) >= 11 is 0. The zero-order valence-corrected chi connectivity index (χ0v) is 31.1. The van der Waals surface area contributed by atoms with Crippen molar-refractivity contribution in [3.63, 3.8) is 0 Å². The largest absolute Gasteiger partial charge is 0.495 e. The zero-order chi connectivity index (χ0) is 34.6. The molecule has 1 fully saturated rings. The Morgan fingerprint density at radius 3 is 2.33 bits per heavy atom. The molecule has 5 aromatic carbocycles. The number of imidazole rings is 1. The lowest BCUT2D eigenvalue weighted by Crippen LogP contribution is -2.50. The molecule has 0 saturated carbocycles. The molecule has 1 aliphatic rings. The van der Waals surface area contributed by atoms with Crippen LogP contribution in [0.2, 0.25) is 0 Å². The fraction of sp³-hybridized carbons (Fsp3) is 0.244. The number of hydrogen-bond acceptors (Lipinski definition) is 6. The van der Waals surface area contributed by atoms with Crippen LogP contribution in [0.4, 0.5) is 11.4 Å². The van der Waals surface area contributed by atoms with Crippen LogP contribution in [0.5, 0.6) is 5.75 Å². The predicted octanol–water partition coefficient (Wildman–Crippen LogP) is 7.00. The van der Waals surface area contributed by atoms with Crippen molar-refractivity contribution >= 4 is 69.7 Å². The number of para-hydroxylation sites is 2. The summed E-state index contributed by atoms with van der Waals surface area (Å²) in [6.07, 6.45) is 1.58. The van der Waals surface area contributed by atoms with Crippen LogP contribution in [0.25, 0.3) is 21.8 Å². The lowest BCUT2D eigenvalue weighted by molar-refractivity contribution is -0.120. The van der Waals surface area contributed by atoms with E-state index in [2.05, 4.69) is 75.0 Å². The minimum atomic E-state index is 0. The molecule has 1 saturated heterocycles. The van der Waals surface area contributed by atoms with Gasteiger partial charge in [0.2, 0.25) is 5.91 Å². The summed E-state index contributed by atoms with van der Waals surface area (Å²) in [7, 11) is 3.76. The number of nitrogens with two attached hydrogens (primary N) is 1. The molecule has 6 aromatic rings. The molecule has 7 rings (SSSR count). The molecule has 0 aliphatic carbocycles. The van der Waals surface area contributed by atoms with Crippen LogP contribution in [0.1, 0.15) is 22.5 Å². The summed E-state index contributed by atoms with van der Waals surface area (Å²) in [6, 6.07) is 36.8. The smallest absolute Gasteiger partial charge is 0.241 e. The van der Waals surface area contributed by atoms with Crippen LogP contribution < -0.4 is 20.3 Å². The van der Waals surface area contributed by atoms with E-state index in [9.17, 15) is 4.79 Å². The number of carbonyl (C=O) groups is 1. The number of amidine groups is 1. The van der Waals surface area contributed by atoms with Crippen molar-refractivity contribution in [1.29, 1.82) is 5.41 Å². The highest BCUT2D eigenvalue weighted by molar-refractivity contribution is 5.98. The van der Waals surface area contributed by atoms with Gasteiger partial charge >= 0.3 is 0 Å². The van der Waals surface area contributed by atoms with Gasteiger partial charge in [-0.25, -0.2) is 4.98 Å². The number of aromatic nitrogens is 2. The van der Waals surface area contributed by atoms with E-state index in [1.807, 2.05) is 60.5 Å². The van der Waals surface area contributed by atoms with E-state index in [1.54, 1.807) is 7.11 Å². The molecule has 270 valence electrons. The van der Waals surface area contributed by atoms with Gasteiger partial charge in [0.25, 0.3) is 0 Å². The van der Waals surface area contributed by atoms with Crippen molar-refractivity contribution in [1.82, 2.24) is 14.5 Å². The molecule has 1 aliphatic heterocycles. The first-order chi connectivity index (χ1) is 24.4. The summed E-state index contributed by atoms with van der Waals surface area (Å²) in [5, 5.41) is 9.96. The van der Waals surface area contributed by atoms with Crippen LogP contribution >= 0.6 is 24.8 Å². The molecule has 1 aromatic heterocycles. The predicted molar refractivity (Wildman–Crippen MR) is 217 cm³/mol. The second kappa shape index (κ2) is 17.0. The highest BCUT2D eigenvalue weighted by atomic mass is 35.5. The molecule has 0 spiro atoms. The maximum absolute atomic E-state index is 14.3. The van der Waals surface area contributed by atoms with Gasteiger partial charge < -0.3 is 24.8 Å². The van der Waals surface area contributed by atoms with Gasteiger partial charge in [0.1, 0.15) is 17.4 Å². The fourth-order valence-electron chi connectivity index (χ4n) is 6.98. The van der Waals surface area contributed by atoms with Gasteiger partial charge in [-0.2, -0.15) is 0 Å². The Balaban J connectivity index is 0.00000261. The topological polar surface area (TPSA) is 104 Å². The van der Waals surface area contributed by atoms with E-state index in [0.29, 0.717) is 13.1 Å². The summed E-state index contributed by atoms with van der Waals surface area (Å²) in [5.74, 6) is 1.98. The molecular formula is C41H45Cl2N7O2.